The summed E-state index contributed by atoms with van der Waals surface area (Å²) in [5.74, 6) is 0. The van der Waals surface area contributed by atoms with Crippen LogP contribution in [0.5, 0.6) is 0 Å². The SMILES string of the molecule is Cc1nn(C)c(Cn2cc(N)c(=O)[nH]c2=O)c1Br. The first kappa shape index (κ1) is 12.6. The van der Waals surface area contributed by atoms with Crippen molar-refractivity contribution in [2.75, 3.05) is 5.73 Å². The number of aromatic nitrogens is 4. The van der Waals surface area contributed by atoms with Gasteiger partial charge in [0.1, 0.15) is 5.69 Å². The second-order valence-corrected chi connectivity index (χ2v) is 4.73. The lowest BCUT2D eigenvalue weighted by Gasteiger charge is -2.06. The molecule has 0 atom stereocenters. The summed E-state index contributed by atoms with van der Waals surface area (Å²) in [6.45, 7) is 2.13. The van der Waals surface area contributed by atoms with Crippen molar-refractivity contribution in [2.45, 2.75) is 13.5 Å². The van der Waals surface area contributed by atoms with E-state index in [0.29, 0.717) is 0 Å². The van der Waals surface area contributed by atoms with Crippen molar-refractivity contribution in [3.8, 4) is 0 Å². The predicted molar refractivity (Wildman–Crippen MR) is 70.5 cm³/mol. The third-order valence-electron chi connectivity index (χ3n) is 2.62. The lowest BCUT2D eigenvalue weighted by Crippen LogP contribution is -2.31. The number of aryl methyl sites for hydroxylation is 2. The van der Waals surface area contributed by atoms with Gasteiger partial charge in [-0.25, -0.2) is 4.79 Å². The maximum Gasteiger partial charge on any atom is 0.328 e. The lowest BCUT2D eigenvalue weighted by molar-refractivity contribution is 0.638. The van der Waals surface area contributed by atoms with E-state index in [2.05, 4.69) is 26.0 Å². The topological polar surface area (TPSA) is 98.7 Å². The minimum atomic E-state index is -0.573. The predicted octanol–water partition coefficient (Wildman–Crippen LogP) is -0.0285. The number of halogens is 1. The summed E-state index contributed by atoms with van der Waals surface area (Å²) in [4.78, 5) is 24.9. The molecule has 0 unspecified atom stereocenters. The zero-order valence-corrected chi connectivity index (χ0v) is 11.5. The number of H-pyrrole nitrogens is 1. The van der Waals surface area contributed by atoms with Crippen molar-refractivity contribution in [3.05, 3.63) is 42.9 Å². The Morgan fingerprint density at radius 1 is 1.50 bits per heavy atom. The molecule has 0 aliphatic heterocycles. The van der Waals surface area contributed by atoms with Crippen LogP contribution >= 0.6 is 15.9 Å². The van der Waals surface area contributed by atoms with Gasteiger partial charge < -0.3 is 5.73 Å². The molecule has 18 heavy (non-hydrogen) atoms. The van der Waals surface area contributed by atoms with Crippen LogP contribution in [0.2, 0.25) is 0 Å². The van der Waals surface area contributed by atoms with E-state index >= 15 is 0 Å². The quantitative estimate of drug-likeness (QED) is 0.813. The van der Waals surface area contributed by atoms with Crippen LogP contribution in [0.25, 0.3) is 0 Å². The summed E-state index contributed by atoms with van der Waals surface area (Å²) in [5.41, 5.74) is 6.07. The highest BCUT2D eigenvalue weighted by Crippen LogP contribution is 2.20. The van der Waals surface area contributed by atoms with Gasteiger partial charge in [0.05, 0.1) is 22.4 Å². The summed E-state index contributed by atoms with van der Waals surface area (Å²) < 4.78 is 3.84. The number of hydrogen-bond donors (Lipinski definition) is 2. The molecular weight excluding hydrogens is 302 g/mol. The molecule has 0 saturated heterocycles. The van der Waals surface area contributed by atoms with Gasteiger partial charge in [0.15, 0.2) is 0 Å². The van der Waals surface area contributed by atoms with E-state index in [-0.39, 0.29) is 12.2 Å². The summed E-state index contributed by atoms with van der Waals surface area (Å²) in [6.07, 6.45) is 1.33. The Labute approximate surface area is 110 Å². The molecule has 2 aromatic rings. The fraction of sp³-hybridized carbons (Fsp3) is 0.300. The Morgan fingerprint density at radius 2 is 2.17 bits per heavy atom. The minimum absolute atomic E-state index is 0.00427. The highest BCUT2D eigenvalue weighted by Gasteiger charge is 2.12. The third-order valence-corrected chi connectivity index (χ3v) is 3.65. The van der Waals surface area contributed by atoms with Gasteiger partial charge in [0.2, 0.25) is 0 Å². The van der Waals surface area contributed by atoms with E-state index in [4.69, 9.17) is 5.73 Å². The number of hydrogen-bond acceptors (Lipinski definition) is 4. The standard InChI is InChI=1S/C10H12BrN5O2/c1-5-8(11)7(15(2)14-5)4-16-3-6(12)9(17)13-10(16)18/h3H,4,12H2,1-2H3,(H,13,17,18). The van der Waals surface area contributed by atoms with Crippen LogP contribution in [0.3, 0.4) is 0 Å². The molecule has 8 heteroatoms. The molecule has 0 spiro atoms. The van der Waals surface area contributed by atoms with Crippen LogP contribution in [0, 0.1) is 6.92 Å². The highest BCUT2D eigenvalue weighted by molar-refractivity contribution is 9.10. The first-order chi connectivity index (χ1) is 8.40. The maximum absolute atomic E-state index is 11.6. The Bertz CT molecular complexity index is 712. The molecule has 7 nitrogen and oxygen atoms in total. The molecule has 0 aliphatic rings. The van der Waals surface area contributed by atoms with Crippen molar-refractivity contribution in [1.82, 2.24) is 19.3 Å². The van der Waals surface area contributed by atoms with Crippen LogP contribution in [-0.4, -0.2) is 19.3 Å². The third kappa shape index (κ3) is 2.10. The number of nitrogens with zero attached hydrogens (tertiary/aromatic N) is 3. The molecular formula is C10H12BrN5O2. The van der Waals surface area contributed by atoms with Crippen LogP contribution < -0.4 is 17.0 Å². The van der Waals surface area contributed by atoms with Gasteiger partial charge in [0, 0.05) is 13.2 Å². The first-order valence-electron chi connectivity index (χ1n) is 5.17. The van der Waals surface area contributed by atoms with E-state index in [9.17, 15) is 9.59 Å². The first-order valence-corrected chi connectivity index (χ1v) is 5.96. The van der Waals surface area contributed by atoms with Gasteiger partial charge in [-0.05, 0) is 22.9 Å². The number of anilines is 1. The molecule has 2 heterocycles. The summed E-state index contributed by atoms with van der Waals surface area (Å²) in [6, 6.07) is 0. The monoisotopic (exact) mass is 313 g/mol. The Kier molecular flexibility index (Phi) is 3.12. The van der Waals surface area contributed by atoms with Crippen molar-refractivity contribution in [3.63, 3.8) is 0 Å². The zero-order chi connectivity index (χ0) is 13.4. The van der Waals surface area contributed by atoms with Gasteiger partial charge in [0.25, 0.3) is 5.56 Å². The molecule has 3 N–H and O–H groups in total. The fourth-order valence-corrected chi connectivity index (χ4v) is 2.12. The smallest absolute Gasteiger partial charge is 0.328 e. The molecule has 2 aromatic heterocycles. The second-order valence-electron chi connectivity index (χ2n) is 3.94. The molecule has 96 valence electrons. The van der Waals surface area contributed by atoms with Crippen LogP contribution in [0.15, 0.2) is 20.3 Å². The molecule has 2 rings (SSSR count). The Morgan fingerprint density at radius 3 is 2.72 bits per heavy atom. The summed E-state index contributed by atoms with van der Waals surface area (Å²) in [5, 5.41) is 4.23. The van der Waals surface area contributed by atoms with Crippen molar-refractivity contribution in [2.24, 2.45) is 7.05 Å². The number of nitrogen functional groups attached to an aromatic ring is 1. The summed E-state index contributed by atoms with van der Waals surface area (Å²) >= 11 is 3.41. The average molecular weight is 314 g/mol. The number of rotatable bonds is 2. The summed E-state index contributed by atoms with van der Waals surface area (Å²) in [7, 11) is 1.78. The van der Waals surface area contributed by atoms with Crippen LogP contribution in [-0.2, 0) is 13.6 Å². The van der Waals surface area contributed by atoms with E-state index in [1.54, 1.807) is 11.7 Å². The van der Waals surface area contributed by atoms with Gasteiger partial charge in [-0.1, -0.05) is 0 Å². The molecule has 0 bridgehead atoms. The van der Waals surface area contributed by atoms with Gasteiger partial charge in [-0.3, -0.25) is 19.0 Å². The van der Waals surface area contributed by atoms with Gasteiger partial charge in [-0.15, -0.1) is 0 Å². The van der Waals surface area contributed by atoms with Gasteiger partial charge in [-0.2, -0.15) is 5.10 Å². The number of nitrogens with one attached hydrogen (secondary N) is 1. The molecule has 0 aromatic carbocycles. The minimum Gasteiger partial charge on any atom is -0.393 e. The lowest BCUT2D eigenvalue weighted by atomic mass is 10.3. The van der Waals surface area contributed by atoms with Crippen molar-refractivity contribution < 1.29 is 0 Å². The van der Waals surface area contributed by atoms with E-state index in [1.807, 2.05) is 6.92 Å². The van der Waals surface area contributed by atoms with Crippen molar-refractivity contribution >= 4 is 21.6 Å². The van der Waals surface area contributed by atoms with E-state index in [0.717, 1.165) is 15.9 Å². The van der Waals surface area contributed by atoms with Gasteiger partial charge >= 0.3 is 5.69 Å². The van der Waals surface area contributed by atoms with Crippen LogP contribution in [0.1, 0.15) is 11.4 Å². The maximum atomic E-state index is 11.6. The molecule has 0 radical (unpaired) electrons. The van der Waals surface area contributed by atoms with E-state index in [1.165, 1.54) is 10.8 Å². The molecule has 0 saturated carbocycles. The Hall–Kier alpha value is -1.83. The average Bonchev–Trinajstić information content (AvgIpc) is 2.52. The number of nitrogens with two attached hydrogens (primary N) is 1. The largest absolute Gasteiger partial charge is 0.393 e. The van der Waals surface area contributed by atoms with E-state index < -0.39 is 11.2 Å². The zero-order valence-electron chi connectivity index (χ0n) is 9.90. The Balaban J connectivity index is 2.50. The highest BCUT2D eigenvalue weighted by atomic mass is 79.9. The molecule has 0 fully saturated rings. The van der Waals surface area contributed by atoms with Crippen LogP contribution in [0.4, 0.5) is 5.69 Å². The van der Waals surface area contributed by atoms with Crippen molar-refractivity contribution in [1.29, 1.82) is 0 Å². The second kappa shape index (κ2) is 4.45. The molecule has 0 aliphatic carbocycles. The number of aromatic amines is 1. The molecule has 0 amide bonds. The fourth-order valence-electron chi connectivity index (χ4n) is 1.66. The normalized spacial score (nSPS) is 10.8.